The number of nitrogens with zero attached hydrogens (tertiary/aromatic N) is 5. The van der Waals surface area contributed by atoms with Crippen LogP contribution in [0.1, 0.15) is 30.7 Å². The van der Waals surface area contributed by atoms with Gasteiger partial charge in [-0.15, -0.1) is 0 Å². The zero-order chi connectivity index (χ0) is 27.7. The number of unbranched alkanes of at least 4 members (excludes halogenated alkanes) is 1. The second kappa shape index (κ2) is 13.1. The van der Waals surface area contributed by atoms with Crippen molar-refractivity contribution in [2.75, 3.05) is 31.6 Å². The number of nitrogens with two attached hydrogens (primary N) is 1. The Hall–Kier alpha value is -4.37. The van der Waals surface area contributed by atoms with Gasteiger partial charge in [-0.2, -0.15) is 0 Å². The summed E-state index contributed by atoms with van der Waals surface area (Å²) in [6, 6.07) is 19.2. The van der Waals surface area contributed by atoms with Crippen molar-refractivity contribution >= 4 is 17.7 Å². The summed E-state index contributed by atoms with van der Waals surface area (Å²) in [7, 11) is 2.01. The van der Waals surface area contributed by atoms with E-state index in [1.807, 2.05) is 43.4 Å². The summed E-state index contributed by atoms with van der Waals surface area (Å²) in [5, 5.41) is 3.35. The Morgan fingerprint density at radius 2 is 1.90 bits per heavy atom. The van der Waals surface area contributed by atoms with E-state index in [1.165, 1.54) is 6.07 Å². The summed E-state index contributed by atoms with van der Waals surface area (Å²) in [5.41, 5.74) is 10.3. The van der Waals surface area contributed by atoms with Gasteiger partial charge in [0.25, 0.3) is 0 Å². The lowest BCUT2D eigenvalue weighted by molar-refractivity contribution is 0.616. The highest BCUT2D eigenvalue weighted by atomic mass is 19.1. The summed E-state index contributed by atoms with van der Waals surface area (Å²) in [5.74, 6) is 1.88. The summed E-state index contributed by atoms with van der Waals surface area (Å²) in [6.07, 6.45) is 9.05. The lowest BCUT2D eigenvalue weighted by Crippen LogP contribution is -2.29. The second-order valence-corrected chi connectivity index (χ2v) is 9.92. The van der Waals surface area contributed by atoms with Crippen molar-refractivity contribution in [1.82, 2.24) is 25.3 Å². The van der Waals surface area contributed by atoms with Crippen molar-refractivity contribution in [2.24, 2.45) is 10.7 Å². The molecular formula is C31H35FN8. The first kappa shape index (κ1) is 27.2. The predicted molar refractivity (Wildman–Crippen MR) is 160 cm³/mol. The van der Waals surface area contributed by atoms with Crippen molar-refractivity contribution in [2.45, 2.75) is 31.7 Å². The van der Waals surface area contributed by atoms with Crippen LogP contribution in [0.2, 0.25) is 0 Å². The number of nitrogens with one attached hydrogen (secondary N) is 2. The topological polar surface area (TPSA) is 108 Å². The van der Waals surface area contributed by atoms with E-state index in [9.17, 15) is 4.39 Å². The molecule has 1 fully saturated rings. The third kappa shape index (κ3) is 7.18. The van der Waals surface area contributed by atoms with E-state index >= 15 is 0 Å². The SMILES string of the molecule is CN[C@@H]1CCN(c2cccc(-c3cccc(-c4cnc(/C=C\C(N)=NCCCCc5cccc(F)c5)[nH]4)n3)n2)C1. The van der Waals surface area contributed by atoms with Crippen LogP contribution < -0.4 is 16.0 Å². The molecule has 1 aromatic carbocycles. The van der Waals surface area contributed by atoms with Crippen molar-refractivity contribution in [3.8, 4) is 22.8 Å². The second-order valence-electron chi connectivity index (χ2n) is 9.92. The molecule has 1 atom stereocenters. The van der Waals surface area contributed by atoms with Crippen molar-refractivity contribution < 1.29 is 4.39 Å². The number of H-pyrrole nitrogens is 1. The van der Waals surface area contributed by atoms with Crippen LogP contribution in [0.25, 0.3) is 28.9 Å². The number of likely N-dealkylation sites (N-methyl/N-ethyl adjacent to an activating group) is 1. The maximum absolute atomic E-state index is 13.3. The Labute approximate surface area is 234 Å². The van der Waals surface area contributed by atoms with Gasteiger partial charge in [-0.1, -0.05) is 24.3 Å². The van der Waals surface area contributed by atoms with Gasteiger partial charge in [0.2, 0.25) is 0 Å². The monoisotopic (exact) mass is 538 g/mol. The molecule has 0 saturated carbocycles. The molecule has 3 aromatic heterocycles. The molecule has 4 N–H and O–H groups in total. The first-order valence-corrected chi connectivity index (χ1v) is 13.7. The number of aryl methyl sites for hydroxylation is 1. The normalized spacial score (nSPS) is 15.8. The molecule has 0 amide bonds. The van der Waals surface area contributed by atoms with Crippen LogP contribution in [-0.4, -0.2) is 58.5 Å². The summed E-state index contributed by atoms with van der Waals surface area (Å²) in [6.45, 7) is 2.57. The third-order valence-electron chi connectivity index (χ3n) is 7.01. The number of hydrogen-bond acceptors (Lipinski definition) is 6. The number of hydrogen-bond donors (Lipinski definition) is 3. The van der Waals surface area contributed by atoms with Gasteiger partial charge < -0.3 is 20.9 Å². The molecule has 8 nitrogen and oxygen atoms in total. The molecule has 0 bridgehead atoms. The van der Waals surface area contributed by atoms with E-state index in [0.29, 0.717) is 24.2 Å². The quantitative estimate of drug-likeness (QED) is 0.143. The van der Waals surface area contributed by atoms with Crippen LogP contribution in [0.15, 0.2) is 77.9 Å². The fourth-order valence-electron chi connectivity index (χ4n) is 4.78. The number of amidine groups is 1. The number of pyridine rings is 2. The molecule has 1 saturated heterocycles. The van der Waals surface area contributed by atoms with E-state index in [1.54, 1.807) is 30.5 Å². The Balaban J connectivity index is 1.17. The highest BCUT2D eigenvalue weighted by Gasteiger charge is 2.22. The number of aliphatic imine (C=N–C) groups is 1. The summed E-state index contributed by atoms with van der Waals surface area (Å²) >= 11 is 0. The maximum atomic E-state index is 13.3. The van der Waals surface area contributed by atoms with Crippen LogP contribution in [0.3, 0.4) is 0 Å². The minimum atomic E-state index is -0.197. The Morgan fingerprint density at radius 1 is 1.10 bits per heavy atom. The van der Waals surface area contributed by atoms with Gasteiger partial charge >= 0.3 is 0 Å². The number of halogens is 1. The molecule has 9 heteroatoms. The molecule has 40 heavy (non-hydrogen) atoms. The first-order valence-electron chi connectivity index (χ1n) is 13.7. The van der Waals surface area contributed by atoms with E-state index < -0.39 is 0 Å². The number of anilines is 1. The maximum Gasteiger partial charge on any atom is 0.130 e. The van der Waals surface area contributed by atoms with Crippen molar-refractivity contribution in [3.63, 3.8) is 0 Å². The summed E-state index contributed by atoms with van der Waals surface area (Å²) in [4.78, 5) is 24.2. The molecule has 1 aliphatic rings. The molecule has 0 unspecified atom stereocenters. The third-order valence-corrected chi connectivity index (χ3v) is 7.01. The van der Waals surface area contributed by atoms with Gasteiger partial charge in [0.1, 0.15) is 23.3 Å². The van der Waals surface area contributed by atoms with Gasteiger partial charge in [-0.3, -0.25) is 4.99 Å². The molecule has 5 rings (SSSR count). The highest BCUT2D eigenvalue weighted by molar-refractivity contribution is 5.94. The van der Waals surface area contributed by atoms with Crippen LogP contribution in [0, 0.1) is 5.82 Å². The fraction of sp³-hybridized carbons (Fsp3) is 0.290. The van der Waals surface area contributed by atoms with E-state index in [4.69, 9.17) is 15.7 Å². The zero-order valence-corrected chi connectivity index (χ0v) is 22.7. The van der Waals surface area contributed by atoms with Gasteiger partial charge in [0.05, 0.1) is 29.0 Å². The highest BCUT2D eigenvalue weighted by Crippen LogP contribution is 2.24. The number of aromatic nitrogens is 4. The number of rotatable bonds is 11. The molecule has 0 spiro atoms. The summed E-state index contributed by atoms with van der Waals surface area (Å²) < 4.78 is 13.3. The van der Waals surface area contributed by atoms with Crippen LogP contribution in [0.4, 0.5) is 10.2 Å². The lowest BCUT2D eigenvalue weighted by atomic mass is 10.1. The Morgan fingerprint density at radius 3 is 2.73 bits per heavy atom. The number of aromatic amines is 1. The number of imidazole rings is 1. The molecule has 206 valence electrons. The van der Waals surface area contributed by atoms with Crippen LogP contribution >= 0.6 is 0 Å². The molecular weight excluding hydrogens is 503 g/mol. The predicted octanol–water partition coefficient (Wildman–Crippen LogP) is 4.86. The Kier molecular flexibility index (Phi) is 8.93. The molecule has 0 radical (unpaired) electrons. The molecule has 4 aromatic rings. The zero-order valence-electron chi connectivity index (χ0n) is 22.7. The minimum Gasteiger partial charge on any atom is -0.384 e. The molecule has 4 heterocycles. The first-order chi connectivity index (χ1) is 19.6. The van der Waals surface area contributed by atoms with Gasteiger partial charge in [0, 0.05) is 25.7 Å². The smallest absolute Gasteiger partial charge is 0.130 e. The average Bonchev–Trinajstić information content (AvgIpc) is 3.66. The average molecular weight is 539 g/mol. The largest absolute Gasteiger partial charge is 0.384 e. The van der Waals surface area contributed by atoms with Crippen LogP contribution in [-0.2, 0) is 6.42 Å². The van der Waals surface area contributed by atoms with Crippen molar-refractivity contribution in [3.05, 3.63) is 90.1 Å². The minimum absolute atomic E-state index is 0.197. The van der Waals surface area contributed by atoms with Gasteiger partial charge in [-0.25, -0.2) is 19.3 Å². The van der Waals surface area contributed by atoms with E-state index in [2.05, 4.69) is 31.2 Å². The van der Waals surface area contributed by atoms with E-state index in [0.717, 1.165) is 72.9 Å². The van der Waals surface area contributed by atoms with Gasteiger partial charge in [0.15, 0.2) is 0 Å². The Bertz CT molecular complexity index is 1480. The lowest BCUT2D eigenvalue weighted by Gasteiger charge is -2.18. The standard InChI is InChI=1S/C31H35FN8/c1-34-24-16-18-40(21-24)31-13-6-12-26(39-31)25-10-5-11-27(37-25)28-20-36-30(38-28)15-14-29(33)35-17-3-2-7-22-8-4-9-23(32)19-22/h4-6,8-15,19-20,24,34H,2-3,7,16-18,21H2,1H3,(H2,33,35)(H,36,38)/b15-14-/t24-/m1/s1. The molecule has 1 aliphatic heterocycles. The van der Waals surface area contributed by atoms with Crippen molar-refractivity contribution in [1.29, 1.82) is 0 Å². The molecule has 0 aliphatic carbocycles. The van der Waals surface area contributed by atoms with Crippen LogP contribution in [0.5, 0.6) is 0 Å². The fourth-order valence-corrected chi connectivity index (χ4v) is 4.78. The number of benzene rings is 1. The van der Waals surface area contributed by atoms with E-state index in [-0.39, 0.29) is 5.82 Å². The van der Waals surface area contributed by atoms with Gasteiger partial charge in [-0.05, 0) is 86.8 Å².